The Bertz CT molecular complexity index is 1330. The van der Waals surface area contributed by atoms with Crippen LogP contribution in [0.3, 0.4) is 0 Å². The van der Waals surface area contributed by atoms with Crippen LogP contribution in [0.2, 0.25) is 0 Å². The predicted octanol–water partition coefficient (Wildman–Crippen LogP) is 7.35. The van der Waals surface area contributed by atoms with E-state index >= 15 is 0 Å². The van der Waals surface area contributed by atoms with Gasteiger partial charge in [-0.2, -0.15) is 0 Å². The van der Waals surface area contributed by atoms with Crippen molar-refractivity contribution in [3.05, 3.63) is 107 Å². The molecule has 0 saturated heterocycles. The lowest BCUT2D eigenvalue weighted by atomic mass is 9.70. The molecular weight excluding hydrogens is 434 g/mol. The molecule has 0 fully saturated rings. The van der Waals surface area contributed by atoms with Crippen molar-refractivity contribution in [2.24, 2.45) is 0 Å². The fourth-order valence-electron chi connectivity index (χ4n) is 4.91. The van der Waals surface area contributed by atoms with E-state index in [-0.39, 0.29) is 11.4 Å². The van der Waals surface area contributed by atoms with Gasteiger partial charge >= 0.3 is 5.97 Å². The second kappa shape index (κ2) is 10.6. The van der Waals surface area contributed by atoms with Crippen LogP contribution in [0.4, 0.5) is 0 Å². The van der Waals surface area contributed by atoms with Crippen molar-refractivity contribution in [2.75, 3.05) is 7.11 Å². The number of fused-ring (bicyclic) bond motifs is 1. The van der Waals surface area contributed by atoms with Gasteiger partial charge in [0.25, 0.3) is 0 Å². The van der Waals surface area contributed by atoms with Crippen LogP contribution >= 0.6 is 0 Å². The summed E-state index contributed by atoms with van der Waals surface area (Å²) in [6, 6.07) is 23.1. The number of aryl methyl sites for hydroxylation is 1. The van der Waals surface area contributed by atoms with E-state index in [1.165, 1.54) is 29.7 Å². The highest BCUT2D eigenvalue weighted by Crippen LogP contribution is 2.43. The third kappa shape index (κ3) is 5.02. The molecule has 4 heteroatoms. The van der Waals surface area contributed by atoms with E-state index in [0.717, 1.165) is 40.8 Å². The molecule has 0 aliphatic carbocycles. The Balaban J connectivity index is 1.65. The molecule has 0 amide bonds. The zero-order valence-corrected chi connectivity index (χ0v) is 20.9. The van der Waals surface area contributed by atoms with Gasteiger partial charge < -0.3 is 14.5 Å². The van der Waals surface area contributed by atoms with Crippen LogP contribution in [0.25, 0.3) is 17.0 Å². The van der Waals surface area contributed by atoms with Crippen LogP contribution in [-0.4, -0.2) is 18.1 Å². The summed E-state index contributed by atoms with van der Waals surface area (Å²) in [5.41, 5.74) is 6.76. The van der Waals surface area contributed by atoms with Crippen LogP contribution in [0.1, 0.15) is 54.5 Å². The minimum absolute atomic E-state index is 0.121. The minimum atomic E-state index is -0.361. The molecule has 0 bridgehead atoms. The van der Waals surface area contributed by atoms with E-state index in [1.807, 2.05) is 24.3 Å². The predicted molar refractivity (Wildman–Crippen MR) is 143 cm³/mol. The van der Waals surface area contributed by atoms with Gasteiger partial charge in [0.15, 0.2) is 0 Å². The number of ether oxygens (including phenoxy) is 2. The fraction of sp³-hybridized carbons (Fsp3) is 0.258. The van der Waals surface area contributed by atoms with Crippen molar-refractivity contribution in [3.8, 4) is 5.75 Å². The number of benzene rings is 3. The number of rotatable bonds is 9. The molecule has 0 atom stereocenters. The monoisotopic (exact) mass is 467 g/mol. The number of nitrogens with one attached hydrogen (secondary N) is 1. The summed E-state index contributed by atoms with van der Waals surface area (Å²) in [6.07, 6.45) is 7.31. The first-order chi connectivity index (χ1) is 17.0. The maximum Gasteiger partial charge on any atom is 0.330 e. The lowest BCUT2D eigenvalue weighted by Gasteiger charge is -2.33. The van der Waals surface area contributed by atoms with Crippen LogP contribution in [0, 0.1) is 6.92 Å². The molecule has 3 aromatic carbocycles. The van der Waals surface area contributed by atoms with E-state index in [9.17, 15) is 4.79 Å². The van der Waals surface area contributed by atoms with E-state index in [1.54, 1.807) is 6.08 Å². The zero-order chi connectivity index (χ0) is 24.8. The van der Waals surface area contributed by atoms with E-state index in [2.05, 4.69) is 74.4 Å². The average Bonchev–Trinajstić information content (AvgIpc) is 3.32. The van der Waals surface area contributed by atoms with Crippen molar-refractivity contribution in [1.82, 2.24) is 4.98 Å². The summed E-state index contributed by atoms with van der Waals surface area (Å²) in [7, 11) is 1.38. The highest BCUT2D eigenvalue weighted by Gasteiger charge is 2.33. The van der Waals surface area contributed by atoms with E-state index in [0.29, 0.717) is 6.61 Å². The number of carbonyl (C=O) groups excluding carboxylic acids is 1. The van der Waals surface area contributed by atoms with Crippen molar-refractivity contribution >= 4 is 22.9 Å². The summed E-state index contributed by atoms with van der Waals surface area (Å²) in [5.74, 6) is 0.555. The number of H-pyrrole nitrogens is 1. The van der Waals surface area contributed by atoms with Crippen LogP contribution < -0.4 is 4.74 Å². The van der Waals surface area contributed by atoms with E-state index in [4.69, 9.17) is 9.47 Å². The Morgan fingerprint density at radius 3 is 2.46 bits per heavy atom. The molecule has 1 N–H and O–H groups in total. The fourth-order valence-corrected chi connectivity index (χ4v) is 4.91. The summed E-state index contributed by atoms with van der Waals surface area (Å²) in [6.45, 7) is 7.19. The molecule has 0 radical (unpaired) electrons. The molecule has 0 saturated carbocycles. The summed E-state index contributed by atoms with van der Waals surface area (Å²) >= 11 is 0. The van der Waals surface area contributed by atoms with Gasteiger partial charge in [0, 0.05) is 28.6 Å². The molecule has 0 aliphatic heterocycles. The molecule has 4 rings (SSSR count). The Kier molecular flexibility index (Phi) is 7.40. The summed E-state index contributed by atoms with van der Waals surface area (Å²) < 4.78 is 10.8. The van der Waals surface area contributed by atoms with Gasteiger partial charge in [0.05, 0.1) is 7.11 Å². The van der Waals surface area contributed by atoms with Crippen molar-refractivity contribution in [1.29, 1.82) is 0 Å². The first-order valence-electron chi connectivity index (χ1n) is 12.2. The largest absolute Gasteiger partial charge is 0.489 e. The molecule has 35 heavy (non-hydrogen) atoms. The number of carbonyl (C=O) groups is 1. The normalized spacial score (nSPS) is 11.8. The molecule has 180 valence electrons. The molecule has 1 aromatic heterocycles. The van der Waals surface area contributed by atoms with Crippen LogP contribution in [-0.2, 0) is 21.6 Å². The topological polar surface area (TPSA) is 51.3 Å². The Labute approximate surface area is 207 Å². The molecule has 4 nitrogen and oxygen atoms in total. The van der Waals surface area contributed by atoms with Gasteiger partial charge in [-0.3, -0.25) is 0 Å². The summed E-state index contributed by atoms with van der Waals surface area (Å²) in [5, 5.41) is 1.20. The second-order valence-electron chi connectivity index (χ2n) is 8.91. The average molecular weight is 468 g/mol. The first-order valence-corrected chi connectivity index (χ1v) is 12.2. The third-order valence-corrected chi connectivity index (χ3v) is 7.01. The maximum atomic E-state index is 11.5. The minimum Gasteiger partial charge on any atom is -0.489 e. The van der Waals surface area contributed by atoms with Crippen molar-refractivity contribution in [3.63, 3.8) is 0 Å². The lowest BCUT2D eigenvalue weighted by Crippen LogP contribution is -2.26. The van der Waals surface area contributed by atoms with Gasteiger partial charge in [-0.05, 0) is 65.8 Å². The Morgan fingerprint density at radius 1 is 1.00 bits per heavy atom. The van der Waals surface area contributed by atoms with Gasteiger partial charge in [-0.25, -0.2) is 4.79 Å². The number of esters is 1. The number of aromatic amines is 1. The van der Waals surface area contributed by atoms with Crippen LogP contribution in [0.15, 0.2) is 79.0 Å². The van der Waals surface area contributed by atoms with Gasteiger partial charge in [0.1, 0.15) is 12.4 Å². The standard InChI is InChI=1S/C31H33NO3/c1-5-31(6-2,25-14-16-29(22(3)18-25)35-21-24-10-8-7-9-11-24)27-20-32-28-19-23(12-15-26(27)28)13-17-30(33)34-4/h7-20,32H,5-6,21H2,1-4H3/b17-13+. The second-order valence-corrected chi connectivity index (χ2v) is 8.91. The first kappa shape index (κ1) is 24.3. The number of methoxy groups -OCH3 is 1. The number of aromatic nitrogens is 1. The molecule has 1 heterocycles. The van der Waals surface area contributed by atoms with E-state index < -0.39 is 0 Å². The SMILES string of the molecule is CCC(CC)(c1ccc(OCc2ccccc2)c(C)c1)c1c[nH]c2cc(/C=C/C(=O)OC)ccc12. The van der Waals surface area contributed by atoms with Crippen LogP contribution in [0.5, 0.6) is 5.75 Å². The lowest BCUT2D eigenvalue weighted by molar-refractivity contribution is -0.134. The quantitative estimate of drug-likeness (QED) is 0.207. The molecule has 0 spiro atoms. The molecule has 4 aromatic rings. The van der Waals surface area contributed by atoms with Gasteiger partial charge in [-0.15, -0.1) is 0 Å². The zero-order valence-electron chi connectivity index (χ0n) is 20.9. The molecule has 0 aliphatic rings. The van der Waals surface area contributed by atoms with Crippen molar-refractivity contribution < 1.29 is 14.3 Å². The van der Waals surface area contributed by atoms with Crippen molar-refractivity contribution in [2.45, 2.75) is 45.6 Å². The Hall–Kier alpha value is -3.79. The smallest absolute Gasteiger partial charge is 0.330 e. The molecular formula is C31H33NO3. The highest BCUT2D eigenvalue weighted by atomic mass is 16.5. The molecule has 0 unspecified atom stereocenters. The number of hydrogen-bond donors (Lipinski definition) is 1. The highest BCUT2D eigenvalue weighted by molar-refractivity contribution is 5.90. The maximum absolute atomic E-state index is 11.5. The Morgan fingerprint density at radius 2 is 1.77 bits per heavy atom. The number of hydrogen-bond acceptors (Lipinski definition) is 3. The summed E-state index contributed by atoms with van der Waals surface area (Å²) in [4.78, 5) is 14.9. The third-order valence-electron chi connectivity index (χ3n) is 7.01. The van der Waals surface area contributed by atoms with Gasteiger partial charge in [0.2, 0.25) is 0 Å². The van der Waals surface area contributed by atoms with Gasteiger partial charge in [-0.1, -0.05) is 68.4 Å².